The number of hydrogen-bond donors (Lipinski definition) is 0. The van der Waals surface area contributed by atoms with Crippen molar-refractivity contribution in [2.24, 2.45) is 0 Å². The number of fused-ring (bicyclic) bond motifs is 1. The summed E-state index contributed by atoms with van der Waals surface area (Å²) < 4.78 is 4.74. The van der Waals surface area contributed by atoms with Crippen LogP contribution in [0.1, 0.15) is 13.8 Å². The average Bonchev–Trinajstić information content (AvgIpc) is 2.43. The van der Waals surface area contributed by atoms with Crippen molar-refractivity contribution < 1.29 is 9.53 Å². The lowest BCUT2D eigenvalue weighted by atomic mass is 10.1. The van der Waals surface area contributed by atoms with Crippen molar-refractivity contribution in [1.82, 2.24) is 10.2 Å². The summed E-state index contributed by atoms with van der Waals surface area (Å²) in [6.45, 7) is 4.18. The van der Waals surface area contributed by atoms with Gasteiger partial charge >= 0.3 is 5.97 Å². The smallest absolute Gasteiger partial charge is 0.325 e. The molecule has 0 fully saturated rings. The number of aromatic nitrogens is 2. The monoisotopic (exact) mass is 259 g/mol. The first-order valence-corrected chi connectivity index (χ1v) is 6.17. The molecule has 2 aromatic rings. The molecule has 0 bridgehead atoms. The van der Waals surface area contributed by atoms with E-state index in [2.05, 4.69) is 10.2 Å². The van der Waals surface area contributed by atoms with E-state index in [1.807, 2.05) is 43.0 Å². The van der Waals surface area contributed by atoms with Crippen LogP contribution in [-0.2, 0) is 9.53 Å². The molecule has 0 spiro atoms. The molecule has 1 aromatic heterocycles. The predicted molar refractivity (Wildman–Crippen MR) is 74.0 cm³/mol. The molecule has 1 heterocycles. The molecule has 0 N–H and O–H groups in total. The molecular weight excluding hydrogens is 242 g/mol. The third-order valence-electron chi connectivity index (χ3n) is 2.97. The molecule has 1 aromatic carbocycles. The topological polar surface area (TPSA) is 55.3 Å². The highest BCUT2D eigenvalue weighted by Crippen LogP contribution is 2.24. The average molecular weight is 259 g/mol. The summed E-state index contributed by atoms with van der Waals surface area (Å²) in [5, 5.41) is 10.2. The number of ether oxygens (including phenoxy) is 1. The molecule has 0 saturated heterocycles. The van der Waals surface area contributed by atoms with Crippen molar-refractivity contribution in [3.63, 3.8) is 0 Å². The lowest BCUT2D eigenvalue weighted by Gasteiger charge is -2.27. The van der Waals surface area contributed by atoms with Crippen LogP contribution in [0.5, 0.6) is 0 Å². The molecule has 0 saturated carbocycles. The Labute approximate surface area is 112 Å². The van der Waals surface area contributed by atoms with Gasteiger partial charge in [-0.15, -0.1) is 5.10 Å². The standard InChI is InChI=1S/C14H17N3O2/c1-10(2)17(9-13(18)19-3)14-12-7-5-4-6-11(12)8-15-16-14/h4-8,10H,9H2,1-3H3. The Bertz CT molecular complexity index is 578. The summed E-state index contributed by atoms with van der Waals surface area (Å²) in [6, 6.07) is 7.98. The summed E-state index contributed by atoms with van der Waals surface area (Å²) in [7, 11) is 1.38. The van der Waals surface area contributed by atoms with E-state index in [0.717, 1.165) is 10.8 Å². The number of esters is 1. The van der Waals surface area contributed by atoms with E-state index in [0.29, 0.717) is 5.82 Å². The molecule has 19 heavy (non-hydrogen) atoms. The second-order valence-electron chi connectivity index (χ2n) is 4.55. The second-order valence-corrected chi connectivity index (χ2v) is 4.55. The number of anilines is 1. The molecule has 0 aliphatic rings. The lowest BCUT2D eigenvalue weighted by Crippen LogP contribution is -2.37. The lowest BCUT2D eigenvalue weighted by molar-refractivity contribution is -0.139. The van der Waals surface area contributed by atoms with Crippen molar-refractivity contribution in [3.8, 4) is 0 Å². The van der Waals surface area contributed by atoms with E-state index in [-0.39, 0.29) is 18.6 Å². The molecular formula is C14H17N3O2. The zero-order chi connectivity index (χ0) is 13.8. The van der Waals surface area contributed by atoms with Crippen molar-refractivity contribution in [2.45, 2.75) is 19.9 Å². The molecule has 0 aliphatic heterocycles. The van der Waals surface area contributed by atoms with Crippen LogP contribution < -0.4 is 4.90 Å². The molecule has 2 rings (SSSR count). The van der Waals surface area contributed by atoms with Gasteiger partial charge in [0.1, 0.15) is 6.54 Å². The number of hydrogen-bond acceptors (Lipinski definition) is 5. The van der Waals surface area contributed by atoms with E-state index in [4.69, 9.17) is 4.74 Å². The summed E-state index contributed by atoms with van der Waals surface area (Å²) in [4.78, 5) is 13.4. The van der Waals surface area contributed by atoms with Crippen molar-refractivity contribution in [1.29, 1.82) is 0 Å². The van der Waals surface area contributed by atoms with Crippen molar-refractivity contribution in [3.05, 3.63) is 30.5 Å². The van der Waals surface area contributed by atoms with Crippen molar-refractivity contribution in [2.75, 3.05) is 18.6 Å². The summed E-state index contributed by atoms with van der Waals surface area (Å²) in [5.74, 6) is 0.418. The maximum Gasteiger partial charge on any atom is 0.325 e. The number of nitrogens with zero attached hydrogens (tertiary/aromatic N) is 3. The van der Waals surface area contributed by atoms with E-state index in [1.165, 1.54) is 7.11 Å². The Kier molecular flexibility index (Phi) is 3.94. The first kappa shape index (κ1) is 13.3. The van der Waals surface area contributed by atoms with Gasteiger partial charge < -0.3 is 9.64 Å². The zero-order valence-electron chi connectivity index (χ0n) is 11.3. The molecule has 5 heteroatoms. The minimum Gasteiger partial charge on any atom is -0.468 e. The maximum atomic E-state index is 11.5. The predicted octanol–water partition coefficient (Wildman–Crippen LogP) is 2.02. The zero-order valence-corrected chi connectivity index (χ0v) is 11.3. The molecule has 0 aliphatic carbocycles. The second kappa shape index (κ2) is 5.65. The minimum absolute atomic E-state index is 0.124. The van der Waals surface area contributed by atoms with Crippen LogP contribution in [0, 0.1) is 0 Å². The van der Waals surface area contributed by atoms with Crippen LogP contribution in [0.15, 0.2) is 30.5 Å². The summed E-state index contributed by atoms with van der Waals surface area (Å²) in [6.07, 6.45) is 1.72. The van der Waals surface area contributed by atoms with Gasteiger partial charge in [-0.25, -0.2) is 0 Å². The summed E-state index contributed by atoms with van der Waals surface area (Å²) >= 11 is 0. The molecule has 0 unspecified atom stereocenters. The number of carbonyl (C=O) groups is 1. The fraction of sp³-hybridized carbons (Fsp3) is 0.357. The Hall–Kier alpha value is -2.17. The highest BCUT2D eigenvalue weighted by atomic mass is 16.5. The van der Waals surface area contributed by atoms with Gasteiger partial charge in [-0.1, -0.05) is 24.3 Å². The highest BCUT2D eigenvalue weighted by molar-refractivity contribution is 5.92. The SMILES string of the molecule is COC(=O)CN(c1nncc2ccccc12)C(C)C. The Morgan fingerprint density at radius 3 is 2.79 bits per heavy atom. The van der Waals surface area contributed by atoms with E-state index >= 15 is 0 Å². The molecule has 0 atom stereocenters. The van der Waals surface area contributed by atoms with Gasteiger partial charge in [0.2, 0.25) is 0 Å². The highest BCUT2D eigenvalue weighted by Gasteiger charge is 2.18. The van der Waals surface area contributed by atoms with Gasteiger partial charge in [-0.2, -0.15) is 5.10 Å². The van der Waals surface area contributed by atoms with Crippen LogP contribution in [-0.4, -0.2) is 35.9 Å². The molecule has 5 nitrogen and oxygen atoms in total. The molecule has 0 amide bonds. The van der Waals surface area contributed by atoms with Gasteiger partial charge in [-0.3, -0.25) is 4.79 Å². The largest absolute Gasteiger partial charge is 0.468 e. The number of methoxy groups -OCH3 is 1. The Balaban J connectivity index is 2.47. The molecule has 0 radical (unpaired) electrons. The third-order valence-corrected chi connectivity index (χ3v) is 2.97. The van der Waals surface area contributed by atoms with Crippen LogP contribution in [0.2, 0.25) is 0 Å². The first-order valence-electron chi connectivity index (χ1n) is 6.17. The van der Waals surface area contributed by atoms with E-state index in [1.54, 1.807) is 6.20 Å². The first-order chi connectivity index (χ1) is 9.13. The van der Waals surface area contributed by atoms with Crippen LogP contribution in [0.25, 0.3) is 10.8 Å². The van der Waals surface area contributed by atoms with Crippen LogP contribution in [0.3, 0.4) is 0 Å². The Morgan fingerprint density at radius 1 is 1.37 bits per heavy atom. The van der Waals surface area contributed by atoms with Crippen molar-refractivity contribution >= 4 is 22.6 Å². The van der Waals surface area contributed by atoms with Crippen LogP contribution >= 0.6 is 0 Å². The fourth-order valence-corrected chi connectivity index (χ4v) is 1.93. The number of carbonyl (C=O) groups excluding carboxylic acids is 1. The summed E-state index contributed by atoms with van der Waals surface area (Å²) in [5.41, 5.74) is 0. The van der Waals surface area contributed by atoms with Gasteiger partial charge in [-0.05, 0) is 13.8 Å². The Morgan fingerprint density at radius 2 is 2.11 bits per heavy atom. The van der Waals surface area contributed by atoms with Gasteiger partial charge in [0.05, 0.1) is 13.3 Å². The maximum absolute atomic E-state index is 11.5. The van der Waals surface area contributed by atoms with Gasteiger partial charge in [0.25, 0.3) is 0 Å². The van der Waals surface area contributed by atoms with Gasteiger partial charge in [0.15, 0.2) is 5.82 Å². The molecule has 100 valence electrons. The normalized spacial score (nSPS) is 10.7. The quantitative estimate of drug-likeness (QED) is 0.786. The van der Waals surface area contributed by atoms with Gasteiger partial charge in [0, 0.05) is 16.8 Å². The minimum atomic E-state index is -0.288. The van der Waals surface area contributed by atoms with E-state index < -0.39 is 0 Å². The number of benzene rings is 1. The third kappa shape index (κ3) is 2.81. The fourth-order valence-electron chi connectivity index (χ4n) is 1.93. The van der Waals surface area contributed by atoms with Crippen LogP contribution in [0.4, 0.5) is 5.82 Å². The number of rotatable bonds is 4. The van der Waals surface area contributed by atoms with E-state index in [9.17, 15) is 4.79 Å².